The van der Waals surface area contributed by atoms with Crippen molar-refractivity contribution in [3.8, 4) is 17.6 Å². The molecular weight excluding hydrogens is 368 g/mol. The monoisotopic (exact) mass is 404 g/mol. The second-order valence-corrected chi connectivity index (χ2v) is 8.41. The third-order valence-electron chi connectivity index (χ3n) is 5.54. The van der Waals surface area contributed by atoms with Gasteiger partial charge in [-0.2, -0.15) is 0 Å². The molecule has 1 aromatic rings. The van der Waals surface area contributed by atoms with Crippen LogP contribution in [0.2, 0.25) is 0 Å². The molecule has 1 saturated heterocycles. The van der Waals surface area contributed by atoms with Crippen LogP contribution in [0.5, 0.6) is 5.75 Å². The van der Waals surface area contributed by atoms with Gasteiger partial charge in [-0.25, -0.2) is 0 Å². The Labute approximate surface area is 175 Å². The van der Waals surface area contributed by atoms with E-state index in [4.69, 9.17) is 18.9 Å². The number of hydrogen-bond donors (Lipinski definition) is 1. The largest absolute Gasteiger partial charge is 0.497 e. The average Bonchev–Trinajstić information content (AvgIpc) is 3.08. The van der Waals surface area contributed by atoms with E-state index in [2.05, 4.69) is 25.7 Å². The van der Waals surface area contributed by atoms with Crippen LogP contribution in [-0.4, -0.2) is 43.4 Å². The minimum atomic E-state index is -0.681. The van der Waals surface area contributed by atoms with E-state index in [0.717, 1.165) is 17.7 Å². The van der Waals surface area contributed by atoms with Gasteiger partial charge in [0.15, 0.2) is 5.79 Å². The van der Waals surface area contributed by atoms with Gasteiger partial charge in [0.05, 0.1) is 26.4 Å². The number of methoxy groups -OCH3 is 1. The number of rotatable bonds is 9. The molecule has 0 aliphatic carbocycles. The molecule has 0 spiro atoms. The molecule has 29 heavy (non-hydrogen) atoms. The predicted octanol–water partition coefficient (Wildman–Crippen LogP) is 4.03. The van der Waals surface area contributed by atoms with E-state index >= 15 is 0 Å². The third kappa shape index (κ3) is 7.64. The highest BCUT2D eigenvalue weighted by atomic mass is 16.7. The molecule has 162 valence electrons. The van der Waals surface area contributed by atoms with Gasteiger partial charge < -0.3 is 24.1 Å². The molecule has 1 N–H and O–H groups in total. The van der Waals surface area contributed by atoms with Crippen LogP contribution in [0.15, 0.2) is 24.3 Å². The lowest BCUT2D eigenvalue weighted by molar-refractivity contribution is -0.147. The zero-order valence-electron chi connectivity index (χ0n) is 18.6. The van der Waals surface area contributed by atoms with E-state index in [1.807, 2.05) is 45.0 Å². The summed E-state index contributed by atoms with van der Waals surface area (Å²) in [6.45, 7) is 11.7. The molecule has 1 aliphatic heterocycles. The van der Waals surface area contributed by atoms with Crippen molar-refractivity contribution in [3.05, 3.63) is 29.8 Å². The van der Waals surface area contributed by atoms with Gasteiger partial charge in [-0.05, 0) is 49.8 Å². The first-order chi connectivity index (χ1) is 13.7. The summed E-state index contributed by atoms with van der Waals surface area (Å²) in [6.07, 6.45) is 0.133. The lowest BCUT2D eigenvalue weighted by Crippen LogP contribution is -2.33. The molecule has 0 radical (unpaired) electrons. The van der Waals surface area contributed by atoms with E-state index < -0.39 is 11.9 Å². The number of ether oxygens (including phenoxy) is 4. The zero-order valence-corrected chi connectivity index (χ0v) is 18.6. The van der Waals surface area contributed by atoms with Crippen molar-refractivity contribution in [2.24, 2.45) is 17.8 Å². The standard InChI is InChI=1S/C24H36O5/c1-17(13-14-27-15-20-8-10-21(26-6)11-9-20)7-12-22(25)18(2)19(3)23-16-28-24(4,5)29-23/h8-11,17-19,22-23,25H,13-16H2,1-6H3/t17-,18-,19-,22-,23+/m0/s1. The number of benzene rings is 1. The maximum Gasteiger partial charge on any atom is 0.163 e. The molecule has 0 aromatic heterocycles. The normalized spacial score (nSPS) is 22.2. The molecule has 5 nitrogen and oxygen atoms in total. The van der Waals surface area contributed by atoms with Crippen LogP contribution in [0.4, 0.5) is 0 Å². The molecule has 0 amide bonds. The Morgan fingerprint density at radius 3 is 2.45 bits per heavy atom. The van der Waals surface area contributed by atoms with Crippen LogP contribution in [0.3, 0.4) is 0 Å². The second kappa shape index (κ2) is 11.0. The topological polar surface area (TPSA) is 57.2 Å². The summed E-state index contributed by atoms with van der Waals surface area (Å²) in [4.78, 5) is 0. The molecule has 5 atom stereocenters. The van der Waals surface area contributed by atoms with Gasteiger partial charge in [-0.3, -0.25) is 0 Å². The molecule has 1 heterocycles. The lowest BCUT2D eigenvalue weighted by Gasteiger charge is -2.27. The van der Waals surface area contributed by atoms with Crippen LogP contribution < -0.4 is 4.74 Å². The Bertz CT molecular complexity index is 673. The van der Waals surface area contributed by atoms with Gasteiger partial charge in [0.2, 0.25) is 0 Å². The molecular formula is C24H36O5. The van der Waals surface area contributed by atoms with Gasteiger partial charge in [0.1, 0.15) is 11.9 Å². The second-order valence-electron chi connectivity index (χ2n) is 8.41. The lowest BCUT2D eigenvalue weighted by atomic mass is 9.86. The van der Waals surface area contributed by atoms with Gasteiger partial charge in [-0.15, -0.1) is 0 Å². The van der Waals surface area contributed by atoms with Crippen LogP contribution in [0.25, 0.3) is 0 Å². The number of aliphatic hydroxyl groups is 1. The summed E-state index contributed by atoms with van der Waals surface area (Å²) in [6, 6.07) is 7.86. The zero-order chi connectivity index (χ0) is 21.4. The highest BCUT2D eigenvalue weighted by Crippen LogP contribution is 2.31. The van der Waals surface area contributed by atoms with Crippen LogP contribution in [0.1, 0.15) is 46.6 Å². The van der Waals surface area contributed by atoms with E-state index in [9.17, 15) is 5.11 Å². The third-order valence-corrected chi connectivity index (χ3v) is 5.54. The highest BCUT2D eigenvalue weighted by molar-refractivity contribution is 5.26. The van der Waals surface area contributed by atoms with Gasteiger partial charge in [0, 0.05) is 12.5 Å². The van der Waals surface area contributed by atoms with E-state index in [1.54, 1.807) is 7.11 Å². The first kappa shape index (κ1) is 23.7. The van der Waals surface area contributed by atoms with Gasteiger partial charge in [0.25, 0.3) is 0 Å². The summed E-state index contributed by atoms with van der Waals surface area (Å²) < 4.78 is 22.5. The molecule has 1 fully saturated rings. The molecule has 0 saturated carbocycles. The van der Waals surface area contributed by atoms with Gasteiger partial charge >= 0.3 is 0 Å². The van der Waals surface area contributed by atoms with E-state index in [-0.39, 0.29) is 23.9 Å². The quantitative estimate of drug-likeness (QED) is 0.498. The van der Waals surface area contributed by atoms with E-state index in [0.29, 0.717) is 19.8 Å². The Hall–Kier alpha value is -1.58. The van der Waals surface area contributed by atoms with Crippen molar-refractivity contribution >= 4 is 0 Å². The van der Waals surface area contributed by atoms with Crippen molar-refractivity contribution in [1.29, 1.82) is 0 Å². The summed E-state index contributed by atoms with van der Waals surface area (Å²) in [5, 5.41) is 10.5. The molecule has 1 aromatic carbocycles. The van der Waals surface area contributed by atoms with E-state index in [1.165, 1.54) is 0 Å². The molecule has 1 aliphatic rings. The fourth-order valence-corrected chi connectivity index (χ4v) is 3.20. The SMILES string of the molecule is COc1ccc(COCC[C@@H](C)C#C[C@H](O)[C@@H](C)[C@H](C)[C@H]2COC(C)(C)O2)cc1. The first-order valence-electron chi connectivity index (χ1n) is 10.4. The van der Waals surface area contributed by atoms with Crippen molar-refractivity contribution in [1.82, 2.24) is 0 Å². The molecule has 0 bridgehead atoms. The van der Waals surface area contributed by atoms with Crippen molar-refractivity contribution in [3.63, 3.8) is 0 Å². The Morgan fingerprint density at radius 1 is 1.17 bits per heavy atom. The number of hydrogen-bond acceptors (Lipinski definition) is 5. The Balaban J connectivity index is 1.70. The number of aliphatic hydroxyl groups excluding tert-OH is 1. The van der Waals surface area contributed by atoms with Crippen molar-refractivity contribution < 1.29 is 24.1 Å². The molecule has 2 rings (SSSR count). The average molecular weight is 405 g/mol. The van der Waals surface area contributed by atoms with Crippen LogP contribution in [-0.2, 0) is 20.8 Å². The molecule has 0 unspecified atom stereocenters. The predicted molar refractivity (Wildman–Crippen MR) is 113 cm³/mol. The Kier molecular flexibility index (Phi) is 8.98. The minimum absolute atomic E-state index is 0.00326. The summed E-state index contributed by atoms with van der Waals surface area (Å²) >= 11 is 0. The summed E-state index contributed by atoms with van der Waals surface area (Å²) in [5.74, 6) is 6.81. The smallest absolute Gasteiger partial charge is 0.163 e. The van der Waals surface area contributed by atoms with Crippen LogP contribution in [0, 0.1) is 29.6 Å². The minimum Gasteiger partial charge on any atom is -0.497 e. The first-order valence-corrected chi connectivity index (χ1v) is 10.4. The van der Waals surface area contributed by atoms with Gasteiger partial charge in [-0.1, -0.05) is 44.7 Å². The maximum atomic E-state index is 10.5. The van der Waals surface area contributed by atoms with Crippen LogP contribution >= 0.6 is 0 Å². The van der Waals surface area contributed by atoms with Crippen molar-refractivity contribution in [2.45, 2.75) is 65.6 Å². The Morgan fingerprint density at radius 2 is 1.86 bits per heavy atom. The summed E-state index contributed by atoms with van der Waals surface area (Å²) in [7, 11) is 1.66. The summed E-state index contributed by atoms with van der Waals surface area (Å²) in [5.41, 5.74) is 1.11. The fourth-order valence-electron chi connectivity index (χ4n) is 3.20. The molecule has 5 heteroatoms. The fraction of sp³-hybridized carbons (Fsp3) is 0.667. The maximum absolute atomic E-state index is 10.5. The highest BCUT2D eigenvalue weighted by Gasteiger charge is 2.38. The van der Waals surface area contributed by atoms with Crippen molar-refractivity contribution in [2.75, 3.05) is 20.3 Å².